The summed E-state index contributed by atoms with van der Waals surface area (Å²) in [7, 11) is 0. The lowest BCUT2D eigenvalue weighted by atomic mass is 10.5. The summed E-state index contributed by atoms with van der Waals surface area (Å²) in [6.45, 7) is 5.48. The van der Waals surface area contributed by atoms with E-state index in [-0.39, 0.29) is 0 Å². The van der Waals surface area contributed by atoms with E-state index in [0.717, 1.165) is 6.42 Å². The first kappa shape index (κ1) is 11.7. The van der Waals surface area contributed by atoms with E-state index < -0.39 is 0 Å². The van der Waals surface area contributed by atoms with Crippen molar-refractivity contribution < 1.29 is 9.47 Å². The summed E-state index contributed by atoms with van der Waals surface area (Å²) >= 11 is 0. The van der Waals surface area contributed by atoms with E-state index in [1.54, 1.807) is 13.0 Å². The molecule has 0 bridgehead atoms. The van der Waals surface area contributed by atoms with Gasteiger partial charge in [-0.2, -0.15) is 9.97 Å². The van der Waals surface area contributed by atoms with Crippen LogP contribution in [0.2, 0.25) is 0 Å². The number of rotatable bonds is 6. The number of ether oxygens (including phenoxy) is 2. The summed E-state index contributed by atoms with van der Waals surface area (Å²) in [5.74, 6) is 1.73. The second-order valence-electron chi connectivity index (χ2n) is 3.02. The highest BCUT2D eigenvalue weighted by Gasteiger charge is 2.02. The second-order valence-corrected chi connectivity index (χ2v) is 3.02. The van der Waals surface area contributed by atoms with Gasteiger partial charge >= 0.3 is 0 Å². The molecule has 5 nitrogen and oxygen atoms in total. The average molecular weight is 211 g/mol. The van der Waals surface area contributed by atoms with E-state index in [2.05, 4.69) is 9.97 Å². The first-order valence-corrected chi connectivity index (χ1v) is 5.07. The minimum absolute atomic E-state index is 0.541. The van der Waals surface area contributed by atoms with Gasteiger partial charge in [0.05, 0.1) is 19.3 Å². The molecule has 0 saturated carbocycles. The van der Waals surface area contributed by atoms with Crippen molar-refractivity contribution in [3.8, 4) is 11.8 Å². The van der Waals surface area contributed by atoms with Crippen LogP contribution in [0.15, 0.2) is 6.07 Å². The van der Waals surface area contributed by atoms with Crippen LogP contribution in [-0.2, 0) is 0 Å². The zero-order valence-corrected chi connectivity index (χ0v) is 9.19. The molecule has 0 aliphatic heterocycles. The Morgan fingerprint density at radius 3 is 2.53 bits per heavy atom. The first-order valence-electron chi connectivity index (χ1n) is 5.07. The average Bonchev–Trinajstić information content (AvgIpc) is 2.18. The van der Waals surface area contributed by atoms with Crippen LogP contribution in [0.4, 0.5) is 0 Å². The van der Waals surface area contributed by atoms with Crippen molar-refractivity contribution in [3.63, 3.8) is 0 Å². The molecule has 0 amide bonds. The topological polar surface area (TPSA) is 70.3 Å². The standard InChI is InChI=1S/C10H17N3O2/c1-3-14-9-7-10(13-8(2)12-9)15-6-4-5-11/h7H,3-6,11H2,1-2H3. The molecule has 0 aliphatic rings. The zero-order valence-electron chi connectivity index (χ0n) is 9.19. The van der Waals surface area contributed by atoms with E-state index in [1.807, 2.05) is 6.92 Å². The number of aryl methyl sites for hydroxylation is 1. The molecule has 0 radical (unpaired) electrons. The summed E-state index contributed by atoms with van der Waals surface area (Å²) in [5, 5.41) is 0. The van der Waals surface area contributed by atoms with Crippen molar-refractivity contribution in [3.05, 3.63) is 11.9 Å². The highest BCUT2D eigenvalue weighted by molar-refractivity contribution is 5.20. The molecular formula is C10H17N3O2. The Balaban J connectivity index is 2.62. The molecule has 0 aliphatic carbocycles. The van der Waals surface area contributed by atoms with Crippen molar-refractivity contribution in [1.29, 1.82) is 0 Å². The van der Waals surface area contributed by atoms with E-state index in [9.17, 15) is 0 Å². The fourth-order valence-electron chi connectivity index (χ4n) is 1.07. The number of hydrogen-bond acceptors (Lipinski definition) is 5. The maximum atomic E-state index is 5.40. The summed E-state index contributed by atoms with van der Waals surface area (Å²) in [6.07, 6.45) is 0.813. The number of hydrogen-bond donors (Lipinski definition) is 1. The lowest BCUT2D eigenvalue weighted by Crippen LogP contribution is -2.08. The molecular weight excluding hydrogens is 194 g/mol. The molecule has 5 heteroatoms. The maximum absolute atomic E-state index is 5.40. The first-order chi connectivity index (χ1) is 7.26. The molecule has 2 N–H and O–H groups in total. The molecule has 0 spiro atoms. The van der Waals surface area contributed by atoms with Gasteiger partial charge in [0, 0.05) is 0 Å². The molecule has 0 fully saturated rings. The number of aromatic nitrogens is 2. The van der Waals surface area contributed by atoms with Crippen LogP contribution in [0.3, 0.4) is 0 Å². The molecule has 1 rings (SSSR count). The third-order valence-electron chi connectivity index (χ3n) is 1.68. The van der Waals surface area contributed by atoms with Gasteiger partial charge in [-0.3, -0.25) is 0 Å². The van der Waals surface area contributed by atoms with Crippen molar-refractivity contribution in [2.24, 2.45) is 5.73 Å². The van der Waals surface area contributed by atoms with Gasteiger partial charge in [0.25, 0.3) is 0 Å². The second kappa shape index (κ2) is 6.19. The van der Waals surface area contributed by atoms with Crippen LogP contribution >= 0.6 is 0 Å². The molecule has 84 valence electrons. The van der Waals surface area contributed by atoms with Gasteiger partial charge in [0.1, 0.15) is 5.82 Å². The van der Waals surface area contributed by atoms with Crippen LogP contribution in [-0.4, -0.2) is 29.7 Å². The minimum Gasteiger partial charge on any atom is -0.478 e. The van der Waals surface area contributed by atoms with Crippen LogP contribution in [0, 0.1) is 6.92 Å². The van der Waals surface area contributed by atoms with Gasteiger partial charge in [-0.25, -0.2) is 0 Å². The Labute approximate surface area is 89.6 Å². The quantitative estimate of drug-likeness (QED) is 0.708. The van der Waals surface area contributed by atoms with Gasteiger partial charge < -0.3 is 15.2 Å². The maximum Gasteiger partial charge on any atom is 0.220 e. The van der Waals surface area contributed by atoms with Crippen LogP contribution in [0.5, 0.6) is 11.8 Å². The molecule has 0 atom stereocenters. The summed E-state index contributed by atoms with van der Waals surface area (Å²) < 4.78 is 10.7. The molecule has 1 aromatic heterocycles. The number of nitrogens with zero attached hydrogens (tertiary/aromatic N) is 2. The van der Waals surface area contributed by atoms with Gasteiger partial charge in [-0.1, -0.05) is 0 Å². The predicted octanol–water partition coefficient (Wildman–Crippen LogP) is 0.911. The SMILES string of the molecule is CCOc1cc(OCCCN)nc(C)n1. The monoisotopic (exact) mass is 211 g/mol. The van der Waals surface area contributed by atoms with Gasteiger partial charge in [-0.05, 0) is 26.8 Å². The van der Waals surface area contributed by atoms with Gasteiger partial charge in [0.2, 0.25) is 11.8 Å². The van der Waals surface area contributed by atoms with Crippen LogP contribution in [0.25, 0.3) is 0 Å². The Bertz CT molecular complexity index is 305. The minimum atomic E-state index is 0.541. The normalized spacial score (nSPS) is 10.1. The van der Waals surface area contributed by atoms with E-state index in [0.29, 0.717) is 37.3 Å². The van der Waals surface area contributed by atoms with Crippen molar-refractivity contribution in [2.45, 2.75) is 20.3 Å². The lowest BCUT2D eigenvalue weighted by molar-refractivity contribution is 0.289. The molecule has 0 aromatic carbocycles. The van der Waals surface area contributed by atoms with E-state index >= 15 is 0 Å². The zero-order chi connectivity index (χ0) is 11.1. The largest absolute Gasteiger partial charge is 0.478 e. The smallest absolute Gasteiger partial charge is 0.220 e. The van der Waals surface area contributed by atoms with Gasteiger partial charge in [-0.15, -0.1) is 0 Å². The van der Waals surface area contributed by atoms with Crippen molar-refractivity contribution in [2.75, 3.05) is 19.8 Å². The third-order valence-corrected chi connectivity index (χ3v) is 1.68. The molecule has 1 heterocycles. The molecule has 0 saturated heterocycles. The van der Waals surface area contributed by atoms with Crippen LogP contribution < -0.4 is 15.2 Å². The Morgan fingerprint density at radius 2 is 1.93 bits per heavy atom. The Kier molecular flexibility index (Phi) is 4.83. The van der Waals surface area contributed by atoms with E-state index in [1.165, 1.54) is 0 Å². The van der Waals surface area contributed by atoms with Crippen molar-refractivity contribution in [1.82, 2.24) is 9.97 Å². The van der Waals surface area contributed by atoms with Gasteiger partial charge in [0.15, 0.2) is 0 Å². The Morgan fingerprint density at radius 1 is 1.27 bits per heavy atom. The molecule has 1 aromatic rings. The summed E-state index contributed by atoms with van der Waals surface area (Å²) in [6, 6.07) is 1.69. The van der Waals surface area contributed by atoms with Crippen molar-refractivity contribution >= 4 is 0 Å². The lowest BCUT2D eigenvalue weighted by Gasteiger charge is -2.07. The molecule has 0 unspecified atom stereocenters. The predicted molar refractivity (Wildman–Crippen MR) is 57.1 cm³/mol. The Hall–Kier alpha value is -1.36. The summed E-state index contributed by atoms with van der Waals surface area (Å²) in [4.78, 5) is 8.25. The third kappa shape index (κ3) is 4.12. The summed E-state index contributed by atoms with van der Waals surface area (Å²) in [5.41, 5.74) is 5.36. The van der Waals surface area contributed by atoms with E-state index in [4.69, 9.17) is 15.2 Å². The highest BCUT2D eigenvalue weighted by atomic mass is 16.5. The number of nitrogens with two attached hydrogens (primary N) is 1. The van der Waals surface area contributed by atoms with Crippen LogP contribution in [0.1, 0.15) is 19.2 Å². The molecule has 15 heavy (non-hydrogen) atoms. The fraction of sp³-hybridized carbons (Fsp3) is 0.600. The highest BCUT2D eigenvalue weighted by Crippen LogP contribution is 2.15. The fourth-order valence-corrected chi connectivity index (χ4v) is 1.07.